The van der Waals surface area contributed by atoms with Crippen molar-refractivity contribution in [2.24, 2.45) is 0 Å². The Kier molecular flexibility index (Phi) is 4.62. The van der Waals surface area contributed by atoms with Crippen molar-refractivity contribution in [1.82, 2.24) is 15.5 Å². The third-order valence-electron chi connectivity index (χ3n) is 2.60. The minimum absolute atomic E-state index is 0.375. The Morgan fingerprint density at radius 2 is 1.90 bits per heavy atom. The predicted octanol–water partition coefficient (Wildman–Crippen LogP) is 2.60. The molecule has 0 aliphatic heterocycles. The van der Waals surface area contributed by atoms with E-state index in [4.69, 9.17) is 4.74 Å². The lowest BCUT2D eigenvalue weighted by Gasteiger charge is -2.09. The topological polar surface area (TPSA) is 49.9 Å². The zero-order valence-electron chi connectivity index (χ0n) is 10.6. The van der Waals surface area contributed by atoms with Crippen molar-refractivity contribution >= 4 is 0 Å². The van der Waals surface area contributed by atoms with Crippen LogP contribution in [-0.4, -0.2) is 23.3 Å². The number of hydrogen-bond acceptors (Lipinski definition) is 3. The van der Waals surface area contributed by atoms with Gasteiger partial charge in [-0.3, -0.25) is 5.10 Å². The Bertz CT molecular complexity index is 509. The molecule has 2 aromatic rings. The summed E-state index contributed by atoms with van der Waals surface area (Å²) >= 11 is 0. The summed E-state index contributed by atoms with van der Waals surface area (Å²) in [5.74, 6) is 0.418. The second kappa shape index (κ2) is 6.42. The molecule has 1 aromatic heterocycles. The van der Waals surface area contributed by atoms with Crippen molar-refractivity contribution in [2.75, 3.05) is 13.2 Å². The molecule has 7 heteroatoms. The Hall–Kier alpha value is -2.02. The molecule has 0 aliphatic carbocycles. The number of ether oxygens (including phenoxy) is 1. The number of nitrogens with one attached hydrogen (secondary N) is 2. The van der Waals surface area contributed by atoms with Crippen LogP contribution < -0.4 is 10.1 Å². The van der Waals surface area contributed by atoms with E-state index in [1.54, 1.807) is 6.20 Å². The standard InChI is InChI=1S/C13H14F3N3O/c14-13(15,16)10-1-3-12(4-2-10)20-8-7-17-9-11-5-6-18-19-11/h1-6,17H,7-9H2,(H,18,19). The number of benzene rings is 1. The van der Waals surface area contributed by atoms with Gasteiger partial charge >= 0.3 is 6.18 Å². The predicted molar refractivity (Wildman–Crippen MR) is 67.2 cm³/mol. The molecule has 0 amide bonds. The molecule has 0 bridgehead atoms. The van der Waals surface area contributed by atoms with Gasteiger partial charge in [0.15, 0.2) is 0 Å². The summed E-state index contributed by atoms with van der Waals surface area (Å²) in [4.78, 5) is 0. The van der Waals surface area contributed by atoms with Crippen LogP contribution in [0.15, 0.2) is 36.5 Å². The number of rotatable bonds is 6. The summed E-state index contributed by atoms with van der Waals surface area (Å²) in [6.07, 6.45) is -2.65. The second-order valence-electron chi connectivity index (χ2n) is 4.13. The summed E-state index contributed by atoms with van der Waals surface area (Å²) in [7, 11) is 0. The summed E-state index contributed by atoms with van der Waals surface area (Å²) < 4.78 is 42.4. The molecule has 0 spiro atoms. The molecule has 108 valence electrons. The Morgan fingerprint density at radius 3 is 2.50 bits per heavy atom. The number of nitrogens with zero attached hydrogens (tertiary/aromatic N) is 1. The first kappa shape index (κ1) is 14.4. The first-order valence-corrected chi connectivity index (χ1v) is 6.05. The van der Waals surface area contributed by atoms with Gasteiger partial charge in [-0.25, -0.2) is 0 Å². The lowest BCUT2D eigenvalue weighted by atomic mass is 10.2. The van der Waals surface area contributed by atoms with E-state index >= 15 is 0 Å². The molecule has 0 fully saturated rings. The fourth-order valence-electron chi connectivity index (χ4n) is 1.59. The van der Waals surface area contributed by atoms with Crippen molar-refractivity contribution < 1.29 is 17.9 Å². The van der Waals surface area contributed by atoms with Crippen LogP contribution in [0.5, 0.6) is 5.75 Å². The van der Waals surface area contributed by atoms with E-state index in [2.05, 4.69) is 15.5 Å². The molecular weight excluding hydrogens is 271 g/mol. The van der Waals surface area contributed by atoms with E-state index in [9.17, 15) is 13.2 Å². The molecule has 0 unspecified atom stereocenters. The number of aromatic amines is 1. The molecule has 2 N–H and O–H groups in total. The highest BCUT2D eigenvalue weighted by molar-refractivity contribution is 5.28. The van der Waals surface area contributed by atoms with E-state index in [1.807, 2.05) is 6.07 Å². The lowest BCUT2D eigenvalue weighted by molar-refractivity contribution is -0.137. The summed E-state index contributed by atoms with van der Waals surface area (Å²) in [5.41, 5.74) is 0.279. The summed E-state index contributed by atoms with van der Waals surface area (Å²) in [5, 5.41) is 9.73. The lowest BCUT2D eigenvalue weighted by Crippen LogP contribution is -2.20. The number of alkyl halides is 3. The minimum Gasteiger partial charge on any atom is -0.492 e. The number of H-pyrrole nitrogens is 1. The SMILES string of the molecule is FC(F)(F)c1ccc(OCCNCc2ccn[nH]2)cc1. The Morgan fingerprint density at radius 1 is 1.15 bits per heavy atom. The molecule has 0 aliphatic rings. The molecule has 1 aromatic carbocycles. The van der Waals surface area contributed by atoms with Crippen LogP contribution in [0.1, 0.15) is 11.3 Å². The van der Waals surface area contributed by atoms with Gasteiger partial charge in [0, 0.05) is 25.0 Å². The van der Waals surface area contributed by atoms with Crippen molar-refractivity contribution in [1.29, 1.82) is 0 Å². The van der Waals surface area contributed by atoms with Crippen LogP contribution in [0.4, 0.5) is 13.2 Å². The van der Waals surface area contributed by atoms with Gasteiger partial charge in [-0.2, -0.15) is 18.3 Å². The van der Waals surface area contributed by atoms with E-state index in [0.717, 1.165) is 17.8 Å². The van der Waals surface area contributed by atoms with Gasteiger partial charge in [-0.15, -0.1) is 0 Å². The molecule has 0 atom stereocenters. The van der Waals surface area contributed by atoms with E-state index in [1.165, 1.54) is 12.1 Å². The Labute approximate surface area is 114 Å². The Balaban J connectivity index is 1.69. The maximum Gasteiger partial charge on any atom is 0.416 e. The van der Waals surface area contributed by atoms with Crippen LogP contribution >= 0.6 is 0 Å². The second-order valence-corrected chi connectivity index (χ2v) is 4.13. The molecule has 0 saturated heterocycles. The monoisotopic (exact) mass is 285 g/mol. The van der Waals surface area contributed by atoms with Crippen LogP contribution in [-0.2, 0) is 12.7 Å². The fraction of sp³-hybridized carbons (Fsp3) is 0.308. The molecular formula is C13H14F3N3O. The molecule has 1 heterocycles. The fourth-order valence-corrected chi connectivity index (χ4v) is 1.59. The zero-order chi connectivity index (χ0) is 14.4. The van der Waals surface area contributed by atoms with Gasteiger partial charge in [-0.1, -0.05) is 0 Å². The highest BCUT2D eigenvalue weighted by atomic mass is 19.4. The van der Waals surface area contributed by atoms with Gasteiger partial charge in [0.25, 0.3) is 0 Å². The van der Waals surface area contributed by atoms with E-state index < -0.39 is 11.7 Å². The maximum absolute atomic E-state index is 12.3. The van der Waals surface area contributed by atoms with Gasteiger partial charge in [0.05, 0.1) is 5.56 Å². The molecule has 20 heavy (non-hydrogen) atoms. The largest absolute Gasteiger partial charge is 0.492 e. The van der Waals surface area contributed by atoms with Crippen molar-refractivity contribution in [3.8, 4) is 5.75 Å². The summed E-state index contributed by atoms with van der Waals surface area (Å²) in [6.45, 7) is 1.59. The van der Waals surface area contributed by atoms with Crippen LogP contribution in [0, 0.1) is 0 Å². The van der Waals surface area contributed by atoms with Crippen molar-refractivity contribution in [3.05, 3.63) is 47.8 Å². The van der Waals surface area contributed by atoms with Gasteiger partial charge in [0.2, 0.25) is 0 Å². The first-order valence-electron chi connectivity index (χ1n) is 6.05. The quantitative estimate of drug-likeness (QED) is 0.802. The van der Waals surface area contributed by atoms with Crippen molar-refractivity contribution in [2.45, 2.75) is 12.7 Å². The van der Waals surface area contributed by atoms with Crippen LogP contribution in [0.3, 0.4) is 0 Å². The van der Waals surface area contributed by atoms with E-state index in [-0.39, 0.29) is 0 Å². The molecule has 4 nitrogen and oxygen atoms in total. The summed E-state index contributed by atoms with van der Waals surface area (Å²) in [6, 6.07) is 6.50. The smallest absolute Gasteiger partial charge is 0.416 e. The van der Waals surface area contributed by atoms with Crippen LogP contribution in [0.25, 0.3) is 0 Å². The van der Waals surface area contributed by atoms with Gasteiger partial charge in [-0.05, 0) is 30.3 Å². The first-order chi connectivity index (χ1) is 9.55. The average molecular weight is 285 g/mol. The van der Waals surface area contributed by atoms with Gasteiger partial charge < -0.3 is 10.1 Å². The highest BCUT2D eigenvalue weighted by Gasteiger charge is 2.29. The average Bonchev–Trinajstić information content (AvgIpc) is 2.91. The van der Waals surface area contributed by atoms with Crippen molar-refractivity contribution in [3.63, 3.8) is 0 Å². The zero-order valence-corrected chi connectivity index (χ0v) is 10.6. The number of halogens is 3. The minimum atomic E-state index is -4.32. The third kappa shape index (κ3) is 4.27. The third-order valence-corrected chi connectivity index (χ3v) is 2.60. The molecule has 2 rings (SSSR count). The molecule has 0 saturated carbocycles. The number of aromatic nitrogens is 2. The molecule has 0 radical (unpaired) electrons. The van der Waals surface area contributed by atoms with Gasteiger partial charge in [0.1, 0.15) is 12.4 Å². The number of hydrogen-bond donors (Lipinski definition) is 2. The van der Waals surface area contributed by atoms with Crippen LogP contribution in [0.2, 0.25) is 0 Å². The normalized spacial score (nSPS) is 11.6. The van der Waals surface area contributed by atoms with E-state index in [0.29, 0.717) is 25.4 Å². The highest BCUT2D eigenvalue weighted by Crippen LogP contribution is 2.30. The maximum atomic E-state index is 12.3.